The third-order valence-corrected chi connectivity index (χ3v) is 3.44. The molecule has 0 bridgehead atoms. The molecule has 122 valence electrons. The molecule has 0 aliphatic heterocycles. The highest BCUT2D eigenvalue weighted by Gasteiger charge is 2.25. The molecule has 0 radical (unpaired) electrons. The van der Waals surface area contributed by atoms with E-state index >= 15 is 0 Å². The standard InChI is InChI=1S/C15H18ClN5O2/c1-15(2,3)14(23)18-12-11(19-21-20-12)13(22)17-8-9-6-4-5-7-10(9)16/h4-7H,8H2,1-3H3,(H,17,22)(H2,18,19,20,21,23). The molecule has 3 N–H and O–H groups in total. The summed E-state index contributed by atoms with van der Waals surface area (Å²) in [5.41, 5.74) is 0.200. The molecule has 0 saturated carbocycles. The third kappa shape index (κ3) is 4.29. The summed E-state index contributed by atoms with van der Waals surface area (Å²) in [5.74, 6) is -0.615. The van der Waals surface area contributed by atoms with E-state index in [-0.39, 0.29) is 24.0 Å². The highest BCUT2D eigenvalue weighted by Crippen LogP contribution is 2.18. The molecule has 0 saturated heterocycles. The smallest absolute Gasteiger partial charge is 0.275 e. The lowest BCUT2D eigenvalue weighted by Crippen LogP contribution is -2.30. The minimum Gasteiger partial charge on any atom is -0.346 e. The van der Waals surface area contributed by atoms with Crippen molar-refractivity contribution in [1.29, 1.82) is 0 Å². The van der Waals surface area contributed by atoms with E-state index in [1.807, 2.05) is 18.2 Å². The number of carbonyl (C=O) groups is 2. The minimum atomic E-state index is -0.607. The highest BCUT2D eigenvalue weighted by atomic mass is 35.5. The Morgan fingerprint density at radius 1 is 1.22 bits per heavy atom. The van der Waals surface area contributed by atoms with Crippen LogP contribution in [0.2, 0.25) is 5.02 Å². The molecule has 1 aromatic carbocycles. The van der Waals surface area contributed by atoms with Crippen LogP contribution in [0, 0.1) is 5.41 Å². The van der Waals surface area contributed by atoms with Crippen LogP contribution in [0.1, 0.15) is 36.8 Å². The van der Waals surface area contributed by atoms with Gasteiger partial charge in [-0.3, -0.25) is 9.59 Å². The fourth-order valence-corrected chi connectivity index (χ4v) is 1.87. The van der Waals surface area contributed by atoms with Gasteiger partial charge in [0.15, 0.2) is 11.5 Å². The topological polar surface area (TPSA) is 99.8 Å². The van der Waals surface area contributed by atoms with E-state index in [4.69, 9.17) is 11.6 Å². The molecule has 7 nitrogen and oxygen atoms in total. The van der Waals surface area contributed by atoms with Gasteiger partial charge in [-0.2, -0.15) is 5.21 Å². The number of aromatic amines is 1. The highest BCUT2D eigenvalue weighted by molar-refractivity contribution is 6.31. The average molecular weight is 336 g/mol. The van der Waals surface area contributed by atoms with Gasteiger partial charge < -0.3 is 10.6 Å². The summed E-state index contributed by atoms with van der Waals surface area (Å²) < 4.78 is 0. The van der Waals surface area contributed by atoms with E-state index in [1.54, 1.807) is 26.8 Å². The van der Waals surface area contributed by atoms with Crippen LogP contribution in [0.3, 0.4) is 0 Å². The Labute approximate surface area is 138 Å². The molecule has 2 aromatic rings. The van der Waals surface area contributed by atoms with E-state index in [0.29, 0.717) is 5.02 Å². The van der Waals surface area contributed by atoms with Gasteiger partial charge in [0, 0.05) is 17.0 Å². The normalized spacial score (nSPS) is 11.1. The van der Waals surface area contributed by atoms with Gasteiger partial charge in [0.05, 0.1) is 0 Å². The van der Waals surface area contributed by atoms with Crippen LogP contribution in [-0.2, 0) is 11.3 Å². The Kier molecular flexibility index (Phi) is 5.00. The van der Waals surface area contributed by atoms with Gasteiger partial charge >= 0.3 is 0 Å². The largest absolute Gasteiger partial charge is 0.346 e. The number of nitrogens with one attached hydrogen (secondary N) is 3. The van der Waals surface area contributed by atoms with Crippen LogP contribution in [0.5, 0.6) is 0 Å². The summed E-state index contributed by atoms with van der Waals surface area (Å²) in [6.45, 7) is 5.54. The molecule has 0 spiro atoms. The quantitative estimate of drug-likeness (QED) is 0.798. The minimum absolute atomic E-state index is 0.0228. The van der Waals surface area contributed by atoms with Gasteiger partial charge in [-0.05, 0) is 11.6 Å². The van der Waals surface area contributed by atoms with E-state index < -0.39 is 11.3 Å². The number of rotatable bonds is 4. The van der Waals surface area contributed by atoms with E-state index in [1.165, 1.54) is 0 Å². The van der Waals surface area contributed by atoms with Crippen molar-refractivity contribution in [3.63, 3.8) is 0 Å². The van der Waals surface area contributed by atoms with Crippen LogP contribution >= 0.6 is 11.6 Å². The lowest BCUT2D eigenvalue weighted by atomic mass is 9.96. The molecule has 0 atom stereocenters. The van der Waals surface area contributed by atoms with Crippen molar-refractivity contribution in [3.8, 4) is 0 Å². The Bertz CT molecular complexity index is 721. The monoisotopic (exact) mass is 335 g/mol. The molecule has 23 heavy (non-hydrogen) atoms. The Morgan fingerprint density at radius 3 is 2.57 bits per heavy atom. The zero-order chi connectivity index (χ0) is 17.0. The number of hydrogen-bond donors (Lipinski definition) is 3. The zero-order valence-electron chi connectivity index (χ0n) is 13.1. The number of benzene rings is 1. The molecule has 8 heteroatoms. The molecular formula is C15H18ClN5O2. The summed E-state index contributed by atoms with van der Waals surface area (Å²) in [5, 5.41) is 15.8. The van der Waals surface area contributed by atoms with Crippen molar-refractivity contribution < 1.29 is 9.59 Å². The van der Waals surface area contributed by atoms with E-state index in [0.717, 1.165) is 5.56 Å². The molecule has 0 unspecified atom stereocenters. The molecule has 2 amide bonds. The second kappa shape index (κ2) is 6.78. The van der Waals surface area contributed by atoms with Gasteiger partial charge in [0.2, 0.25) is 5.91 Å². The van der Waals surface area contributed by atoms with Crippen LogP contribution in [0.4, 0.5) is 5.82 Å². The first-order chi connectivity index (χ1) is 10.8. The summed E-state index contributed by atoms with van der Waals surface area (Å²) in [6, 6.07) is 7.20. The predicted octanol–water partition coefficient (Wildman–Crippen LogP) is 2.37. The molecule has 0 aliphatic carbocycles. The number of carbonyl (C=O) groups excluding carboxylic acids is 2. The van der Waals surface area contributed by atoms with Crippen molar-refractivity contribution in [2.45, 2.75) is 27.3 Å². The number of H-pyrrole nitrogens is 1. The van der Waals surface area contributed by atoms with E-state index in [9.17, 15) is 9.59 Å². The maximum Gasteiger partial charge on any atom is 0.275 e. The van der Waals surface area contributed by atoms with E-state index in [2.05, 4.69) is 26.0 Å². The van der Waals surface area contributed by atoms with Crippen LogP contribution in [-0.4, -0.2) is 27.2 Å². The van der Waals surface area contributed by atoms with Crippen molar-refractivity contribution >= 4 is 29.2 Å². The van der Waals surface area contributed by atoms with Crippen LogP contribution in [0.15, 0.2) is 24.3 Å². The number of amides is 2. The Morgan fingerprint density at radius 2 is 1.91 bits per heavy atom. The van der Waals surface area contributed by atoms with Gasteiger partial charge in [-0.25, -0.2) is 0 Å². The predicted molar refractivity (Wildman–Crippen MR) is 87.1 cm³/mol. The first-order valence-corrected chi connectivity index (χ1v) is 7.40. The average Bonchev–Trinajstić information content (AvgIpc) is 2.93. The fourth-order valence-electron chi connectivity index (χ4n) is 1.67. The van der Waals surface area contributed by atoms with Gasteiger partial charge in [0.1, 0.15) is 0 Å². The summed E-state index contributed by atoms with van der Waals surface area (Å²) >= 11 is 6.04. The molecule has 1 aromatic heterocycles. The molecule has 2 rings (SSSR count). The Balaban J connectivity index is 2.05. The first kappa shape index (κ1) is 17.0. The van der Waals surface area contributed by atoms with Crippen LogP contribution in [0.25, 0.3) is 0 Å². The summed E-state index contributed by atoms with van der Waals surface area (Å²) in [6.07, 6.45) is 0. The van der Waals surface area contributed by atoms with Gasteiger partial charge in [-0.1, -0.05) is 50.6 Å². The number of nitrogens with zero attached hydrogens (tertiary/aromatic N) is 2. The SMILES string of the molecule is CC(C)(C)C(=O)Nc1n[nH]nc1C(=O)NCc1ccccc1Cl. The zero-order valence-corrected chi connectivity index (χ0v) is 13.9. The molecule has 1 heterocycles. The van der Waals surface area contributed by atoms with Crippen molar-refractivity contribution in [2.75, 3.05) is 5.32 Å². The summed E-state index contributed by atoms with van der Waals surface area (Å²) in [7, 11) is 0. The Hall–Kier alpha value is -2.41. The maximum absolute atomic E-state index is 12.2. The third-order valence-electron chi connectivity index (χ3n) is 3.07. The second-order valence-corrected chi connectivity index (χ2v) is 6.41. The summed E-state index contributed by atoms with van der Waals surface area (Å²) in [4.78, 5) is 24.2. The fraction of sp³-hybridized carbons (Fsp3) is 0.333. The van der Waals surface area contributed by atoms with Crippen molar-refractivity contribution in [1.82, 2.24) is 20.7 Å². The number of halogens is 1. The second-order valence-electron chi connectivity index (χ2n) is 6.00. The molecule has 0 fully saturated rings. The first-order valence-electron chi connectivity index (χ1n) is 7.03. The number of anilines is 1. The van der Waals surface area contributed by atoms with Crippen molar-refractivity contribution in [3.05, 3.63) is 40.5 Å². The van der Waals surface area contributed by atoms with Gasteiger partial charge in [-0.15, -0.1) is 10.2 Å². The lowest BCUT2D eigenvalue weighted by Gasteiger charge is -2.16. The number of hydrogen-bond acceptors (Lipinski definition) is 4. The lowest BCUT2D eigenvalue weighted by molar-refractivity contribution is -0.123. The molecular weight excluding hydrogens is 318 g/mol. The number of aromatic nitrogens is 3. The maximum atomic E-state index is 12.2. The van der Waals surface area contributed by atoms with Crippen molar-refractivity contribution in [2.24, 2.45) is 5.41 Å². The van der Waals surface area contributed by atoms with Gasteiger partial charge in [0.25, 0.3) is 5.91 Å². The molecule has 0 aliphatic rings. The van der Waals surface area contributed by atoms with Crippen LogP contribution < -0.4 is 10.6 Å².